The molecule has 0 amide bonds. The second-order valence-corrected chi connectivity index (χ2v) is 4.70. The summed E-state index contributed by atoms with van der Waals surface area (Å²) in [4.78, 5) is 0. The quantitative estimate of drug-likeness (QED) is 0.814. The van der Waals surface area contributed by atoms with Gasteiger partial charge < -0.3 is 11.1 Å². The van der Waals surface area contributed by atoms with Crippen LogP contribution in [0.1, 0.15) is 24.0 Å². The SMILES string of the molecule is Cc1cc(F)ccc1CCNC1CC(N)C1. The summed E-state index contributed by atoms with van der Waals surface area (Å²) in [6.07, 6.45) is 3.13. The fourth-order valence-corrected chi connectivity index (χ4v) is 2.18. The smallest absolute Gasteiger partial charge is 0.123 e. The summed E-state index contributed by atoms with van der Waals surface area (Å²) in [6, 6.07) is 5.98. The minimum atomic E-state index is -0.154. The molecule has 0 saturated heterocycles. The van der Waals surface area contributed by atoms with Crippen LogP contribution in [0.25, 0.3) is 0 Å². The summed E-state index contributed by atoms with van der Waals surface area (Å²) >= 11 is 0. The van der Waals surface area contributed by atoms with Gasteiger partial charge in [0.2, 0.25) is 0 Å². The predicted octanol–water partition coefficient (Wildman–Crippen LogP) is 1.76. The van der Waals surface area contributed by atoms with Crippen LogP contribution in [-0.2, 0) is 6.42 Å². The van der Waals surface area contributed by atoms with Gasteiger partial charge >= 0.3 is 0 Å². The fraction of sp³-hybridized carbons (Fsp3) is 0.538. The van der Waals surface area contributed by atoms with Gasteiger partial charge in [-0.15, -0.1) is 0 Å². The van der Waals surface area contributed by atoms with Gasteiger partial charge in [-0.25, -0.2) is 4.39 Å². The lowest BCUT2D eigenvalue weighted by atomic mass is 9.87. The van der Waals surface area contributed by atoms with Crippen molar-refractivity contribution in [3.05, 3.63) is 35.1 Å². The number of aryl methyl sites for hydroxylation is 1. The monoisotopic (exact) mass is 222 g/mol. The van der Waals surface area contributed by atoms with Crippen LogP contribution >= 0.6 is 0 Å². The highest BCUT2D eigenvalue weighted by Crippen LogP contribution is 2.17. The number of hydrogen-bond donors (Lipinski definition) is 2. The highest BCUT2D eigenvalue weighted by atomic mass is 19.1. The molecule has 0 atom stereocenters. The van der Waals surface area contributed by atoms with Crippen molar-refractivity contribution in [1.82, 2.24) is 5.32 Å². The molecule has 16 heavy (non-hydrogen) atoms. The van der Waals surface area contributed by atoms with E-state index in [1.54, 1.807) is 6.07 Å². The molecule has 0 spiro atoms. The Balaban J connectivity index is 1.76. The maximum Gasteiger partial charge on any atom is 0.123 e. The zero-order chi connectivity index (χ0) is 11.5. The Hall–Kier alpha value is -0.930. The van der Waals surface area contributed by atoms with E-state index < -0.39 is 0 Å². The van der Waals surface area contributed by atoms with E-state index in [-0.39, 0.29) is 5.82 Å². The minimum Gasteiger partial charge on any atom is -0.328 e. The summed E-state index contributed by atoms with van der Waals surface area (Å²) in [6.45, 7) is 2.90. The molecule has 0 bridgehead atoms. The Morgan fingerprint density at radius 3 is 2.81 bits per heavy atom. The van der Waals surface area contributed by atoms with E-state index in [1.165, 1.54) is 11.6 Å². The van der Waals surface area contributed by atoms with Crippen LogP contribution < -0.4 is 11.1 Å². The summed E-state index contributed by atoms with van der Waals surface area (Å²) < 4.78 is 12.9. The van der Waals surface area contributed by atoms with Crippen molar-refractivity contribution in [2.24, 2.45) is 5.73 Å². The van der Waals surface area contributed by atoms with Gasteiger partial charge in [0.1, 0.15) is 5.82 Å². The van der Waals surface area contributed by atoms with Gasteiger partial charge in [-0.1, -0.05) is 6.07 Å². The summed E-state index contributed by atoms with van der Waals surface area (Å²) in [7, 11) is 0. The largest absolute Gasteiger partial charge is 0.328 e. The first kappa shape index (κ1) is 11.6. The Kier molecular flexibility index (Phi) is 3.56. The van der Waals surface area contributed by atoms with E-state index in [0.717, 1.165) is 31.4 Å². The summed E-state index contributed by atoms with van der Waals surface area (Å²) in [5, 5.41) is 3.47. The first-order valence-electron chi connectivity index (χ1n) is 5.89. The Morgan fingerprint density at radius 2 is 2.19 bits per heavy atom. The zero-order valence-electron chi connectivity index (χ0n) is 9.67. The third kappa shape index (κ3) is 2.80. The number of rotatable bonds is 4. The lowest BCUT2D eigenvalue weighted by Crippen LogP contribution is -2.48. The molecule has 1 aromatic rings. The van der Waals surface area contributed by atoms with Crippen molar-refractivity contribution in [2.45, 2.75) is 38.3 Å². The van der Waals surface area contributed by atoms with Gasteiger partial charge in [0.15, 0.2) is 0 Å². The molecular formula is C13H19FN2. The van der Waals surface area contributed by atoms with Crippen LogP contribution in [0, 0.1) is 12.7 Å². The first-order chi connectivity index (χ1) is 7.65. The molecule has 2 nitrogen and oxygen atoms in total. The van der Waals surface area contributed by atoms with Crippen LogP contribution in [0.15, 0.2) is 18.2 Å². The molecule has 2 rings (SSSR count). The van der Waals surface area contributed by atoms with E-state index in [1.807, 2.05) is 13.0 Å². The molecule has 3 N–H and O–H groups in total. The van der Waals surface area contributed by atoms with Gasteiger partial charge in [0.25, 0.3) is 0 Å². The van der Waals surface area contributed by atoms with Crippen molar-refractivity contribution in [2.75, 3.05) is 6.54 Å². The van der Waals surface area contributed by atoms with Crippen molar-refractivity contribution >= 4 is 0 Å². The zero-order valence-corrected chi connectivity index (χ0v) is 9.67. The molecular weight excluding hydrogens is 203 g/mol. The van der Waals surface area contributed by atoms with E-state index in [9.17, 15) is 4.39 Å². The van der Waals surface area contributed by atoms with E-state index in [2.05, 4.69) is 5.32 Å². The molecule has 3 heteroatoms. The molecule has 0 radical (unpaired) electrons. The second-order valence-electron chi connectivity index (χ2n) is 4.70. The summed E-state index contributed by atoms with van der Waals surface area (Å²) in [5.74, 6) is -0.154. The molecule has 0 heterocycles. The lowest BCUT2D eigenvalue weighted by Gasteiger charge is -2.33. The van der Waals surface area contributed by atoms with Crippen LogP contribution in [0.3, 0.4) is 0 Å². The highest BCUT2D eigenvalue weighted by Gasteiger charge is 2.24. The predicted molar refractivity (Wildman–Crippen MR) is 63.8 cm³/mol. The fourth-order valence-electron chi connectivity index (χ4n) is 2.18. The second kappa shape index (κ2) is 4.93. The molecule has 1 aromatic carbocycles. The molecule has 1 aliphatic carbocycles. The lowest BCUT2D eigenvalue weighted by molar-refractivity contribution is 0.294. The molecule has 0 aliphatic heterocycles. The number of benzene rings is 1. The van der Waals surface area contributed by atoms with E-state index >= 15 is 0 Å². The standard InChI is InChI=1S/C13H19FN2/c1-9-6-11(14)3-2-10(9)4-5-16-13-7-12(15)8-13/h2-3,6,12-13,16H,4-5,7-8,15H2,1H3. The van der Waals surface area contributed by atoms with Crippen molar-refractivity contribution in [3.8, 4) is 0 Å². The third-order valence-electron chi connectivity index (χ3n) is 3.31. The van der Waals surface area contributed by atoms with Gasteiger partial charge in [-0.05, 0) is 56.0 Å². The molecule has 1 fully saturated rings. The van der Waals surface area contributed by atoms with Gasteiger partial charge in [-0.3, -0.25) is 0 Å². The number of hydrogen-bond acceptors (Lipinski definition) is 2. The normalized spacial score (nSPS) is 24.2. The number of nitrogens with two attached hydrogens (primary N) is 1. The van der Waals surface area contributed by atoms with Crippen LogP contribution in [-0.4, -0.2) is 18.6 Å². The molecule has 1 aliphatic rings. The Labute approximate surface area is 96.0 Å². The van der Waals surface area contributed by atoms with Gasteiger partial charge in [0, 0.05) is 12.1 Å². The van der Waals surface area contributed by atoms with Crippen LogP contribution in [0.4, 0.5) is 4.39 Å². The Morgan fingerprint density at radius 1 is 1.44 bits per heavy atom. The number of nitrogens with one attached hydrogen (secondary N) is 1. The minimum absolute atomic E-state index is 0.154. The average molecular weight is 222 g/mol. The van der Waals surface area contributed by atoms with E-state index in [0.29, 0.717) is 12.1 Å². The maximum absolute atomic E-state index is 12.9. The maximum atomic E-state index is 12.9. The molecule has 0 aromatic heterocycles. The first-order valence-corrected chi connectivity index (χ1v) is 5.89. The van der Waals surface area contributed by atoms with Crippen molar-refractivity contribution < 1.29 is 4.39 Å². The van der Waals surface area contributed by atoms with Crippen LogP contribution in [0.5, 0.6) is 0 Å². The average Bonchev–Trinajstić information content (AvgIpc) is 2.18. The van der Waals surface area contributed by atoms with Crippen molar-refractivity contribution in [3.63, 3.8) is 0 Å². The molecule has 0 unspecified atom stereocenters. The van der Waals surface area contributed by atoms with Gasteiger partial charge in [0.05, 0.1) is 0 Å². The van der Waals surface area contributed by atoms with Gasteiger partial charge in [-0.2, -0.15) is 0 Å². The van der Waals surface area contributed by atoms with E-state index in [4.69, 9.17) is 5.73 Å². The number of halogens is 1. The highest BCUT2D eigenvalue weighted by molar-refractivity contribution is 5.26. The summed E-state index contributed by atoms with van der Waals surface area (Å²) in [5.41, 5.74) is 7.97. The Bertz CT molecular complexity index is 359. The molecule has 88 valence electrons. The van der Waals surface area contributed by atoms with Crippen molar-refractivity contribution in [1.29, 1.82) is 0 Å². The topological polar surface area (TPSA) is 38.0 Å². The molecule has 1 saturated carbocycles. The van der Waals surface area contributed by atoms with Crippen LogP contribution in [0.2, 0.25) is 0 Å². The third-order valence-corrected chi connectivity index (χ3v) is 3.31.